The fraction of sp³-hybridized carbons (Fsp3) is 0.455. The molecule has 0 aliphatic heterocycles. The van der Waals surface area contributed by atoms with Gasteiger partial charge in [-0.15, -0.1) is 0 Å². The zero-order valence-corrected chi connectivity index (χ0v) is 31.0. The van der Waals surface area contributed by atoms with Crippen molar-refractivity contribution in [2.45, 2.75) is 130 Å². The molecule has 0 saturated heterocycles. The lowest BCUT2D eigenvalue weighted by molar-refractivity contribution is 0.461. The summed E-state index contributed by atoms with van der Waals surface area (Å²) in [6.07, 6.45) is 2.28. The molecule has 8 bridgehead atoms. The number of fused-ring (bicyclic) bond motifs is 8. The van der Waals surface area contributed by atoms with Gasteiger partial charge < -0.3 is 15.9 Å². The van der Waals surface area contributed by atoms with Gasteiger partial charge in [-0.3, -0.25) is 0 Å². The van der Waals surface area contributed by atoms with Gasteiger partial charge in [0.15, 0.2) is 0 Å². The van der Waals surface area contributed by atoms with Gasteiger partial charge in [-0.05, 0) is 88.4 Å². The van der Waals surface area contributed by atoms with Gasteiger partial charge in [-0.25, -0.2) is 0 Å². The molecule has 0 heterocycles. The first-order valence-electron chi connectivity index (χ1n) is 17.3. The van der Waals surface area contributed by atoms with Gasteiger partial charge in [0, 0.05) is 31.4 Å². The molecule has 250 valence electrons. The lowest BCUT2D eigenvalue weighted by Crippen LogP contribution is -2.16. The van der Waals surface area contributed by atoms with Crippen molar-refractivity contribution in [3.8, 4) is 11.5 Å². The van der Waals surface area contributed by atoms with E-state index in [-0.39, 0.29) is 21.7 Å². The molecule has 5 rings (SSSR count). The molecular weight excluding hydrogens is 574 g/mol. The van der Waals surface area contributed by atoms with E-state index in [1.807, 2.05) is 0 Å². The van der Waals surface area contributed by atoms with E-state index in [0.717, 1.165) is 50.2 Å². The van der Waals surface area contributed by atoms with Gasteiger partial charge in [0.2, 0.25) is 0 Å². The summed E-state index contributed by atoms with van der Waals surface area (Å²) in [5.74, 6) is 0.709. The molecule has 0 fully saturated rings. The van der Waals surface area contributed by atoms with Crippen molar-refractivity contribution in [2.75, 3.05) is 5.73 Å². The van der Waals surface area contributed by atoms with E-state index < -0.39 is 0 Å². The molecule has 0 atom stereocenters. The predicted molar refractivity (Wildman–Crippen MR) is 200 cm³/mol. The van der Waals surface area contributed by atoms with E-state index in [1.54, 1.807) is 0 Å². The maximum atomic E-state index is 11.9. The summed E-state index contributed by atoms with van der Waals surface area (Å²) in [6.45, 7) is 26.8. The van der Waals surface area contributed by atoms with Gasteiger partial charge >= 0.3 is 0 Å². The highest BCUT2D eigenvalue weighted by Crippen LogP contribution is 2.40. The van der Waals surface area contributed by atoms with Gasteiger partial charge in [0.25, 0.3) is 0 Å². The molecule has 1 aliphatic rings. The second-order valence-corrected chi connectivity index (χ2v) is 18.2. The average molecular weight is 632 g/mol. The zero-order chi connectivity index (χ0) is 34.9. The van der Waals surface area contributed by atoms with Crippen molar-refractivity contribution in [1.29, 1.82) is 0 Å². The fourth-order valence-electron chi connectivity index (χ4n) is 6.68. The normalized spacial score (nSPS) is 14.3. The molecular formula is C44H57NO2. The van der Waals surface area contributed by atoms with Gasteiger partial charge in [-0.1, -0.05) is 138 Å². The summed E-state index contributed by atoms with van der Waals surface area (Å²) in [7, 11) is 0. The van der Waals surface area contributed by atoms with Crippen LogP contribution in [0.25, 0.3) is 0 Å². The number of benzene rings is 4. The fourth-order valence-corrected chi connectivity index (χ4v) is 6.68. The molecule has 0 spiro atoms. The van der Waals surface area contributed by atoms with Crippen LogP contribution in [-0.2, 0) is 47.3 Å². The Kier molecular flexibility index (Phi) is 8.66. The van der Waals surface area contributed by atoms with Crippen molar-refractivity contribution in [3.63, 3.8) is 0 Å². The molecule has 3 heteroatoms. The van der Waals surface area contributed by atoms with Crippen LogP contribution in [0.15, 0.2) is 54.6 Å². The van der Waals surface area contributed by atoms with Crippen molar-refractivity contribution >= 4 is 5.69 Å². The Morgan fingerprint density at radius 3 is 0.936 bits per heavy atom. The van der Waals surface area contributed by atoms with E-state index in [9.17, 15) is 10.2 Å². The van der Waals surface area contributed by atoms with E-state index in [4.69, 9.17) is 5.73 Å². The quantitative estimate of drug-likeness (QED) is 0.149. The van der Waals surface area contributed by atoms with E-state index in [1.165, 1.54) is 22.3 Å². The van der Waals surface area contributed by atoms with Crippen molar-refractivity contribution < 1.29 is 10.2 Å². The standard InChI is InChI=1S/C44H57NO2/c1-41(2,3)34-16-26-13-27(17-34)15-31-23-37(44(10,11)12)25-33(40(31)47)19-29-21-35(42(4,5)6)20-28(38(29)45)18-32-24-36(43(7,8)9)22-30(14-26)39(32)46/h13,16-17,20-25,46-47H,14-15,18-19,45H2,1-12H3. The number of phenolic OH excluding ortho intramolecular Hbond substituents is 2. The Morgan fingerprint density at radius 1 is 0.383 bits per heavy atom. The van der Waals surface area contributed by atoms with Crippen LogP contribution in [0.5, 0.6) is 11.5 Å². The molecule has 47 heavy (non-hydrogen) atoms. The summed E-state index contributed by atoms with van der Waals surface area (Å²) in [5.41, 5.74) is 20.3. The number of phenols is 2. The number of nitrogen functional groups attached to an aromatic ring is 1. The van der Waals surface area contributed by atoms with Crippen LogP contribution >= 0.6 is 0 Å². The highest BCUT2D eigenvalue weighted by atomic mass is 16.3. The van der Waals surface area contributed by atoms with Crippen molar-refractivity contribution in [2.24, 2.45) is 0 Å². The lowest BCUT2D eigenvalue weighted by Gasteiger charge is -2.27. The minimum atomic E-state index is -0.105. The Balaban J connectivity index is 1.86. The molecule has 3 nitrogen and oxygen atoms in total. The van der Waals surface area contributed by atoms with Crippen LogP contribution in [0.3, 0.4) is 0 Å². The molecule has 0 aromatic heterocycles. The molecule has 0 radical (unpaired) electrons. The van der Waals surface area contributed by atoms with Crippen LogP contribution in [0.2, 0.25) is 0 Å². The van der Waals surface area contributed by atoms with Crippen molar-refractivity contribution in [3.05, 3.63) is 121 Å². The van der Waals surface area contributed by atoms with Crippen LogP contribution in [0.4, 0.5) is 5.69 Å². The number of anilines is 1. The third-order valence-corrected chi connectivity index (χ3v) is 9.95. The first kappa shape index (κ1) is 34.6. The third kappa shape index (κ3) is 7.40. The molecule has 4 N–H and O–H groups in total. The zero-order valence-electron chi connectivity index (χ0n) is 31.0. The minimum Gasteiger partial charge on any atom is -0.507 e. The monoisotopic (exact) mass is 631 g/mol. The Hall–Kier alpha value is -3.72. The Labute approximate surface area is 284 Å². The average Bonchev–Trinajstić information content (AvgIpc) is 2.92. The predicted octanol–water partition coefficient (Wildman–Crippen LogP) is 10.5. The number of rotatable bonds is 0. The van der Waals surface area contributed by atoms with E-state index >= 15 is 0 Å². The maximum absolute atomic E-state index is 11.9. The number of aromatic hydroxyl groups is 2. The summed E-state index contributed by atoms with van der Waals surface area (Å²) < 4.78 is 0. The Morgan fingerprint density at radius 2 is 0.638 bits per heavy atom. The summed E-state index contributed by atoms with van der Waals surface area (Å²) in [5, 5.41) is 23.9. The smallest absolute Gasteiger partial charge is 0.122 e. The van der Waals surface area contributed by atoms with Gasteiger partial charge in [-0.2, -0.15) is 0 Å². The van der Waals surface area contributed by atoms with Crippen LogP contribution in [-0.4, -0.2) is 10.2 Å². The van der Waals surface area contributed by atoms with Gasteiger partial charge in [0.1, 0.15) is 11.5 Å². The molecule has 1 aliphatic carbocycles. The number of nitrogens with two attached hydrogens (primary N) is 1. The molecule has 4 aromatic carbocycles. The highest BCUT2D eigenvalue weighted by molar-refractivity contribution is 5.62. The lowest BCUT2D eigenvalue weighted by atomic mass is 9.79. The van der Waals surface area contributed by atoms with Crippen LogP contribution < -0.4 is 5.73 Å². The van der Waals surface area contributed by atoms with E-state index in [2.05, 4.69) is 138 Å². The van der Waals surface area contributed by atoms with Crippen LogP contribution in [0, 0.1) is 0 Å². The first-order chi connectivity index (χ1) is 21.5. The minimum absolute atomic E-state index is 0.0580. The molecule has 4 aromatic rings. The third-order valence-electron chi connectivity index (χ3n) is 9.95. The highest BCUT2D eigenvalue weighted by Gasteiger charge is 2.25. The summed E-state index contributed by atoms with van der Waals surface area (Å²) >= 11 is 0. The summed E-state index contributed by atoms with van der Waals surface area (Å²) in [6, 6.07) is 20.0. The van der Waals surface area contributed by atoms with Crippen molar-refractivity contribution in [1.82, 2.24) is 0 Å². The number of hydrogen-bond donors (Lipinski definition) is 3. The largest absolute Gasteiger partial charge is 0.507 e. The SMILES string of the molecule is CC(C)(C)c1cc2cc(c1)Cc1cc(C(C)(C)C)cc(c1O)Cc1cc(C(C)(C)C)cc(c1N)Cc1cc(C(C)(C)C)cc(c1O)C2. The summed E-state index contributed by atoms with van der Waals surface area (Å²) in [4.78, 5) is 0. The second kappa shape index (κ2) is 11.8. The molecule has 0 unspecified atom stereocenters. The molecule has 0 saturated carbocycles. The number of hydrogen-bond acceptors (Lipinski definition) is 3. The maximum Gasteiger partial charge on any atom is 0.122 e. The van der Waals surface area contributed by atoms with Crippen LogP contribution in [0.1, 0.15) is 150 Å². The topological polar surface area (TPSA) is 66.5 Å². The second-order valence-electron chi connectivity index (χ2n) is 18.2. The van der Waals surface area contributed by atoms with Gasteiger partial charge in [0.05, 0.1) is 0 Å². The Bertz CT molecular complexity index is 1720. The molecule has 0 amide bonds. The van der Waals surface area contributed by atoms with E-state index in [0.29, 0.717) is 37.2 Å². The first-order valence-corrected chi connectivity index (χ1v) is 17.3.